The first kappa shape index (κ1) is 53.1. The van der Waals surface area contributed by atoms with Crippen molar-refractivity contribution in [1.29, 1.82) is 0 Å². The van der Waals surface area contributed by atoms with Crippen LogP contribution in [0.5, 0.6) is 0 Å². The molecule has 0 aliphatic rings. The van der Waals surface area contributed by atoms with E-state index in [1.54, 1.807) is 0 Å². The molecular formula is C34H66N2Na2O8S2. The molecule has 0 bridgehead atoms. The SMILES string of the molecule is CCCCCCCCCCCCN(CCS(=O)(=O)[O-])C(=O)CCCCC(=O)N(CCCCCCCCCCCC)CCS(=O)(=O)[O-].[Na+].[Na+]. The fraction of sp³-hybridized carbons (Fsp3) is 0.941. The normalized spacial score (nSPS) is 11.5. The Balaban J connectivity index is -0.0000101. The Morgan fingerprint density at radius 3 is 0.917 bits per heavy atom. The molecule has 0 aliphatic carbocycles. The van der Waals surface area contributed by atoms with E-state index in [0.717, 1.165) is 51.4 Å². The van der Waals surface area contributed by atoms with Crippen LogP contribution in [0.25, 0.3) is 0 Å². The van der Waals surface area contributed by atoms with E-state index in [2.05, 4.69) is 13.8 Å². The van der Waals surface area contributed by atoms with Gasteiger partial charge in [-0.1, -0.05) is 129 Å². The maximum absolute atomic E-state index is 12.9. The van der Waals surface area contributed by atoms with Gasteiger partial charge >= 0.3 is 59.1 Å². The Hall–Kier alpha value is 0.760. The Morgan fingerprint density at radius 2 is 0.667 bits per heavy atom. The molecule has 0 aromatic heterocycles. The molecule has 0 saturated heterocycles. The molecule has 0 fully saturated rings. The standard InChI is InChI=1S/C34H68N2O8S2.2Na/c1-3-5-7-9-11-13-15-17-19-23-27-35(29-31-45(39,40)41)33(37)25-21-22-26-34(38)36(30-32-46(42,43)44)28-24-20-18-16-14-12-10-8-6-4-2;;/h3-32H2,1-2H3,(H,39,40,41)(H,42,43,44);;/q;2*+1/p-2. The average molecular weight is 741 g/mol. The zero-order valence-electron chi connectivity index (χ0n) is 31.2. The molecule has 0 saturated carbocycles. The second kappa shape index (κ2) is 34.8. The summed E-state index contributed by atoms with van der Waals surface area (Å²) < 4.78 is 67.2. The van der Waals surface area contributed by atoms with E-state index >= 15 is 0 Å². The van der Waals surface area contributed by atoms with E-state index in [0.29, 0.717) is 25.9 Å². The molecular weight excluding hydrogens is 674 g/mol. The van der Waals surface area contributed by atoms with Crippen molar-refractivity contribution in [3.63, 3.8) is 0 Å². The molecule has 0 spiro atoms. The summed E-state index contributed by atoms with van der Waals surface area (Å²) in [7, 11) is -8.89. The number of carbonyl (C=O) groups is 2. The zero-order chi connectivity index (χ0) is 34.5. The monoisotopic (exact) mass is 740 g/mol. The minimum Gasteiger partial charge on any atom is -0.748 e. The first-order chi connectivity index (χ1) is 21.9. The van der Waals surface area contributed by atoms with Crippen molar-refractivity contribution in [2.45, 2.75) is 168 Å². The molecule has 10 nitrogen and oxygen atoms in total. The number of unbranched alkanes of at least 4 members (excludes halogenated alkanes) is 19. The van der Waals surface area contributed by atoms with Gasteiger partial charge in [0, 0.05) is 39.0 Å². The van der Waals surface area contributed by atoms with Gasteiger partial charge in [0.1, 0.15) is 0 Å². The summed E-state index contributed by atoms with van der Waals surface area (Å²) in [5, 5.41) is 0. The Bertz CT molecular complexity index is 908. The minimum atomic E-state index is -4.45. The van der Waals surface area contributed by atoms with Gasteiger partial charge in [-0.3, -0.25) is 9.59 Å². The van der Waals surface area contributed by atoms with Crippen molar-refractivity contribution in [1.82, 2.24) is 9.80 Å². The van der Waals surface area contributed by atoms with Crippen LogP contribution in [0.1, 0.15) is 168 Å². The second-order valence-electron chi connectivity index (χ2n) is 12.9. The maximum Gasteiger partial charge on any atom is 1.00 e. The van der Waals surface area contributed by atoms with E-state index in [1.165, 1.54) is 86.8 Å². The molecule has 0 N–H and O–H groups in total. The second-order valence-corrected chi connectivity index (χ2v) is 15.9. The van der Waals surface area contributed by atoms with Gasteiger partial charge in [0.15, 0.2) is 0 Å². The molecule has 0 radical (unpaired) electrons. The predicted molar refractivity (Wildman–Crippen MR) is 184 cm³/mol. The molecule has 48 heavy (non-hydrogen) atoms. The summed E-state index contributed by atoms with van der Waals surface area (Å²) in [6, 6.07) is 0. The van der Waals surface area contributed by atoms with E-state index in [1.807, 2.05) is 0 Å². The fourth-order valence-corrected chi connectivity index (χ4v) is 6.50. The summed E-state index contributed by atoms with van der Waals surface area (Å²) in [6.45, 7) is 4.95. The molecule has 0 atom stereocenters. The van der Waals surface area contributed by atoms with Crippen LogP contribution in [-0.2, 0) is 29.8 Å². The molecule has 0 aromatic carbocycles. The smallest absolute Gasteiger partial charge is 0.748 e. The van der Waals surface area contributed by atoms with E-state index < -0.39 is 31.7 Å². The van der Waals surface area contributed by atoms with E-state index in [9.17, 15) is 35.5 Å². The molecule has 0 unspecified atom stereocenters. The van der Waals surface area contributed by atoms with Crippen LogP contribution in [0.3, 0.4) is 0 Å². The number of nitrogens with zero attached hydrogens (tertiary/aromatic N) is 2. The number of amides is 2. The van der Waals surface area contributed by atoms with Gasteiger partial charge in [-0.15, -0.1) is 0 Å². The van der Waals surface area contributed by atoms with Crippen LogP contribution in [-0.4, -0.2) is 85.2 Å². The Kier molecular flexibility index (Phi) is 38.5. The van der Waals surface area contributed by atoms with Crippen LogP contribution in [0.4, 0.5) is 0 Å². The van der Waals surface area contributed by atoms with Gasteiger partial charge in [-0.2, -0.15) is 0 Å². The van der Waals surface area contributed by atoms with Gasteiger partial charge < -0.3 is 18.9 Å². The average Bonchev–Trinajstić information content (AvgIpc) is 2.98. The third-order valence-electron chi connectivity index (χ3n) is 8.52. The summed E-state index contributed by atoms with van der Waals surface area (Å²) >= 11 is 0. The number of hydrogen-bond acceptors (Lipinski definition) is 8. The minimum absolute atomic E-state index is 0. The number of hydrogen-bond donors (Lipinski definition) is 0. The molecule has 14 heteroatoms. The zero-order valence-corrected chi connectivity index (χ0v) is 36.8. The molecule has 0 heterocycles. The Morgan fingerprint density at radius 1 is 0.417 bits per heavy atom. The summed E-state index contributed by atoms with van der Waals surface area (Å²) in [4.78, 5) is 28.7. The van der Waals surface area contributed by atoms with Crippen molar-refractivity contribution in [2.24, 2.45) is 0 Å². The third-order valence-corrected chi connectivity index (χ3v) is 9.89. The van der Waals surface area contributed by atoms with Gasteiger partial charge in [0.25, 0.3) is 0 Å². The molecule has 0 aliphatic heterocycles. The first-order valence-electron chi connectivity index (χ1n) is 18.3. The molecule has 0 aromatic rings. The first-order valence-corrected chi connectivity index (χ1v) is 21.5. The number of rotatable bonds is 33. The van der Waals surface area contributed by atoms with Gasteiger partial charge in [0.05, 0.1) is 31.7 Å². The maximum atomic E-state index is 12.9. The summed E-state index contributed by atoms with van der Waals surface area (Å²) in [5.74, 6) is -1.70. The third kappa shape index (κ3) is 36.5. The van der Waals surface area contributed by atoms with Crippen molar-refractivity contribution < 1.29 is 94.6 Å². The van der Waals surface area contributed by atoms with Crippen LogP contribution in [0, 0.1) is 0 Å². The molecule has 0 rings (SSSR count). The van der Waals surface area contributed by atoms with Crippen molar-refractivity contribution >= 4 is 32.1 Å². The van der Waals surface area contributed by atoms with Crippen molar-refractivity contribution in [3.8, 4) is 0 Å². The van der Waals surface area contributed by atoms with Crippen LogP contribution >= 0.6 is 0 Å². The van der Waals surface area contributed by atoms with Gasteiger partial charge in [-0.05, 0) is 25.7 Å². The predicted octanol–water partition coefficient (Wildman–Crippen LogP) is 1.14. The summed E-state index contributed by atoms with van der Waals surface area (Å²) in [6.07, 6.45) is 23.9. The van der Waals surface area contributed by atoms with Crippen LogP contribution in [0.15, 0.2) is 0 Å². The topological polar surface area (TPSA) is 155 Å². The molecule has 274 valence electrons. The fourth-order valence-electron chi connectivity index (χ4n) is 5.62. The van der Waals surface area contributed by atoms with Crippen LogP contribution in [0.2, 0.25) is 0 Å². The largest absolute Gasteiger partial charge is 1.00 e. The summed E-state index contributed by atoms with van der Waals surface area (Å²) in [5.41, 5.74) is 0. The van der Waals surface area contributed by atoms with E-state index in [4.69, 9.17) is 0 Å². The van der Waals surface area contributed by atoms with Crippen LogP contribution < -0.4 is 59.1 Å². The molecule has 2 amide bonds. The van der Waals surface area contributed by atoms with Gasteiger partial charge in [0.2, 0.25) is 11.8 Å². The van der Waals surface area contributed by atoms with Crippen molar-refractivity contribution in [3.05, 3.63) is 0 Å². The van der Waals surface area contributed by atoms with Gasteiger partial charge in [-0.25, -0.2) is 16.8 Å². The van der Waals surface area contributed by atoms with E-state index in [-0.39, 0.29) is 96.9 Å². The quantitative estimate of drug-likeness (QED) is 0.0552. The van der Waals surface area contributed by atoms with Crippen molar-refractivity contribution in [2.75, 3.05) is 37.7 Å². The Labute approximate surface area is 339 Å². The number of carbonyl (C=O) groups excluding carboxylic acids is 2.